The number of carbonyl (C=O) groups excluding carboxylic acids is 1. The molecule has 0 heterocycles. The summed E-state index contributed by atoms with van der Waals surface area (Å²) < 4.78 is 6.00. The minimum Gasteiger partial charge on any atom is -0.374 e. The normalized spacial score (nSPS) is 16.7. The molecule has 2 atom stereocenters. The molecule has 3 rings (SSSR count). The van der Waals surface area contributed by atoms with Crippen molar-refractivity contribution in [2.24, 2.45) is 11.8 Å². The Bertz CT molecular complexity index is 661. The summed E-state index contributed by atoms with van der Waals surface area (Å²) in [7, 11) is 0. The molecule has 0 bridgehead atoms. The maximum Gasteiger partial charge on any atom is 0.139 e. The van der Waals surface area contributed by atoms with Gasteiger partial charge in [0.2, 0.25) is 0 Å². The molecule has 2 unspecified atom stereocenters. The predicted molar refractivity (Wildman–Crippen MR) is 106 cm³/mol. The van der Waals surface area contributed by atoms with Crippen molar-refractivity contribution in [1.29, 1.82) is 0 Å². The highest BCUT2D eigenvalue weighted by Gasteiger charge is 2.31. The van der Waals surface area contributed by atoms with Crippen LogP contribution in [0.15, 0.2) is 60.7 Å². The first-order valence-electron chi connectivity index (χ1n) is 9.95. The van der Waals surface area contributed by atoms with E-state index in [9.17, 15) is 4.79 Å². The second-order valence-electron chi connectivity index (χ2n) is 7.60. The van der Waals surface area contributed by atoms with Crippen LogP contribution in [0.2, 0.25) is 0 Å². The van der Waals surface area contributed by atoms with Crippen molar-refractivity contribution < 1.29 is 9.53 Å². The summed E-state index contributed by atoms with van der Waals surface area (Å²) in [5, 5.41) is 0. The van der Waals surface area contributed by atoms with E-state index in [1.807, 2.05) is 24.3 Å². The zero-order chi connectivity index (χ0) is 18.2. The van der Waals surface area contributed by atoms with E-state index >= 15 is 0 Å². The summed E-state index contributed by atoms with van der Waals surface area (Å²) in [6.45, 7) is 2.76. The Morgan fingerprint density at radius 1 is 0.962 bits per heavy atom. The van der Waals surface area contributed by atoms with Gasteiger partial charge in [-0.1, -0.05) is 67.1 Å². The number of ketones is 1. The molecule has 0 spiro atoms. The van der Waals surface area contributed by atoms with Gasteiger partial charge >= 0.3 is 0 Å². The smallest absolute Gasteiger partial charge is 0.139 e. The highest BCUT2D eigenvalue weighted by atomic mass is 16.5. The van der Waals surface area contributed by atoms with Crippen LogP contribution >= 0.6 is 0 Å². The SMILES string of the molecule is CC(CCC(Cc1ccccc1)C(=O)C1CCC1)OCc1ccccc1. The van der Waals surface area contributed by atoms with Crippen LogP contribution in [0.3, 0.4) is 0 Å². The van der Waals surface area contributed by atoms with E-state index < -0.39 is 0 Å². The van der Waals surface area contributed by atoms with Crippen LogP contribution in [-0.4, -0.2) is 11.9 Å². The van der Waals surface area contributed by atoms with Crippen molar-refractivity contribution in [3.8, 4) is 0 Å². The molecular formula is C24H30O2. The lowest BCUT2D eigenvalue weighted by Gasteiger charge is -2.29. The minimum absolute atomic E-state index is 0.130. The van der Waals surface area contributed by atoms with Crippen LogP contribution in [0, 0.1) is 11.8 Å². The third-order valence-electron chi connectivity index (χ3n) is 5.53. The number of benzene rings is 2. The van der Waals surface area contributed by atoms with Gasteiger partial charge in [-0.2, -0.15) is 0 Å². The summed E-state index contributed by atoms with van der Waals surface area (Å²) in [6.07, 6.45) is 6.27. The first kappa shape index (κ1) is 18.8. The lowest BCUT2D eigenvalue weighted by Crippen LogP contribution is -2.30. The summed E-state index contributed by atoms with van der Waals surface area (Å²) in [5.41, 5.74) is 2.47. The molecule has 2 heteroatoms. The van der Waals surface area contributed by atoms with Gasteiger partial charge in [0.05, 0.1) is 12.7 Å². The van der Waals surface area contributed by atoms with Gasteiger partial charge in [0.15, 0.2) is 0 Å². The molecule has 2 nitrogen and oxygen atoms in total. The molecule has 1 aliphatic rings. The lowest BCUT2D eigenvalue weighted by molar-refractivity contribution is -0.129. The van der Waals surface area contributed by atoms with Crippen molar-refractivity contribution in [2.45, 2.75) is 58.2 Å². The number of ether oxygens (including phenoxy) is 1. The van der Waals surface area contributed by atoms with Crippen LogP contribution in [0.5, 0.6) is 0 Å². The quantitative estimate of drug-likeness (QED) is 0.557. The van der Waals surface area contributed by atoms with Crippen molar-refractivity contribution in [3.05, 3.63) is 71.8 Å². The Labute approximate surface area is 157 Å². The molecule has 0 aliphatic heterocycles. The largest absolute Gasteiger partial charge is 0.374 e. The molecule has 1 saturated carbocycles. The maximum absolute atomic E-state index is 12.9. The van der Waals surface area contributed by atoms with Crippen LogP contribution in [0.25, 0.3) is 0 Å². The molecule has 1 fully saturated rings. The first-order valence-corrected chi connectivity index (χ1v) is 9.95. The fourth-order valence-corrected chi connectivity index (χ4v) is 3.60. The van der Waals surface area contributed by atoms with Crippen LogP contribution in [0.4, 0.5) is 0 Å². The minimum atomic E-state index is 0.130. The molecular weight excluding hydrogens is 320 g/mol. The average Bonchev–Trinajstić information content (AvgIpc) is 2.63. The van der Waals surface area contributed by atoms with Crippen LogP contribution < -0.4 is 0 Å². The average molecular weight is 351 g/mol. The molecule has 2 aromatic rings. The fourth-order valence-electron chi connectivity index (χ4n) is 3.60. The van der Waals surface area contributed by atoms with E-state index in [2.05, 4.69) is 43.3 Å². The van der Waals surface area contributed by atoms with Crippen molar-refractivity contribution in [2.75, 3.05) is 0 Å². The number of hydrogen-bond donors (Lipinski definition) is 0. The zero-order valence-electron chi connectivity index (χ0n) is 15.8. The number of rotatable bonds is 10. The van der Waals surface area contributed by atoms with Crippen molar-refractivity contribution in [1.82, 2.24) is 0 Å². The Kier molecular flexibility index (Phi) is 7.02. The summed E-state index contributed by atoms with van der Waals surface area (Å²) in [6, 6.07) is 20.7. The Hall–Kier alpha value is -1.93. The van der Waals surface area contributed by atoms with Gasteiger partial charge in [0.25, 0.3) is 0 Å². The molecule has 0 N–H and O–H groups in total. The van der Waals surface area contributed by atoms with E-state index in [4.69, 9.17) is 4.74 Å². The molecule has 138 valence electrons. The van der Waals surface area contributed by atoms with Gasteiger partial charge in [0, 0.05) is 11.8 Å². The fraction of sp³-hybridized carbons (Fsp3) is 0.458. The van der Waals surface area contributed by atoms with E-state index in [1.165, 1.54) is 17.5 Å². The van der Waals surface area contributed by atoms with Gasteiger partial charge in [-0.05, 0) is 50.2 Å². The standard InChI is InChI=1S/C24H30O2/c1-19(26-18-21-11-6-3-7-12-21)15-16-23(24(25)22-13-8-14-22)17-20-9-4-2-5-10-20/h2-7,9-12,19,22-23H,8,13-18H2,1H3. The monoisotopic (exact) mass is 350 g/mol. The molecule has 0 radical (unpaired) electrons. The maximum atomic E-state index is 12.9. The highest BCUT2D eigenvalue weighted by Crippen LogP contribution is 2.32. The number of Topliss-reactive ketones (excluding diaryl/α,β-unsaturated/α-hetero) is 1. The molecule has 1 aliphatic carbocycles. The Balaban J connectivity index is 1.52. The predicted octanol–water partition coefficient (Wildman–Crippen LogP) is 5.60. The van der Waals surface area contributed by atoms with Crippen LogP contribution in [0.1, 0.15) is 50.2 Å². The highest BCUT2D eigenvalue weighted by molar-refractivity contribution is 5.84. The van der Waals surface area contributed by atoms with E-state index in [-0.39, 0.29) is 12.0 Å². The second kappa shape index (κ2) is 9.68. The summed E-state index contributed by atoms with van der Waals surface area (Å²) >= 11 is 0. The first-order chi connectivity index (χ1) is 12.7. The van der Waals surface area contributed by atoms with Gasteiger partial charge in [0.1, 0.15) is 5.78 Å². The summed E-state index contributed by atoms with van der Waals surface area (Å²) in [4.78, 5) is 12.9. The number of carbonyl (C=O) groups is 1. The molecule has 0 aromatic heterocycles. The van der Waals surface area contributed by atoms with Crippen molar-refractivity contribution in [3.63, 3.8) is 0 Å². The third-order valence-corrected chi connectivity index (χ3v) is 5.53. The van der Waals surface area contributed by atoms with Crippen LogP contribution in [-0.2, 0) is 22.6 Å². The van der Waals surface area contributed by atoms with E-state index in [0.717, 1.165) is 32.1 Å². The van der Waals surface area contributed by atoms with Crippen molar-refractivity contribution >= 4 is 5.78 Å². The molecule has 0 saturated heterocycles. The Morgan fingerprint density at radius 2 is 1.58 bits per heavy atom. The molecule has 2 aromatic carbocycles. The zero-order valence-corrected chi connectivity index (χ0v) is 15.8. The van der Waals surface area contributed by atoms with Gasteiger partial charge in [-0.15, -0.1) is 0 Å². The Morgan fingerprint density at radius 3 is 2.15 bits per heavy atom. The topological polar surface area (TPSA) is 26.3 Å². The van der Waals surface area contributed by atoms with Gasteiger partial charge in [-0.3, -0.25) is 4.79 Å². The third kappa shape index (κ3) is 5.54. The second-order valence-corrected chi connectivity index (χ2v) is 7.60. The molecule has 0 amide bonds. The number of hydrogen-bond acceptors (Lipinski definition) is 2. The van der Waals surface area contributed by atoms with E-state index in [1.54, 1.807) is 0 Å². The summed E-state index contributed by atoms with van der Waals surface area (Å²) in [5.74, 6) is 0.921. The van der Waals surface area contributed by atoms with E-state index in [0.29, 0.717) is 18.3 Å². The molecule has 26 heavy (non-hydrogen) atoms. The van der Waals surface area contributed by atoms with Gasteiger partial charge < -0.3 is 4.74 Å². The van der Waals surface area contributed by atoms with Gasteiger partial charge in [-0.25, -0.2) is 0 Å². The lowest BCUT2D eigenvalue weighted by atomic mass is 9.75.